The summed E-state index contributed by atoms with van der Waals surface area (Å²) in [6, 6.07) is 8.55. The van der Waals surface area contributed by atoms with Gasteiger partial charge in [0.25, 0.3) is 0 Å². The summed E-state index contributed by atoms with van der Waals surface area (Å²) in [6.07, 6.45) is 4.44. The number of hydrogen-bond donors (Lipinski definition) is 1. The summed E-state index contributed by atoms with van der Waals surface area (Å²) in [6.45, 7) is 0. The molecule has 0 aliphatic heterocycles. The first kappa shape index (κ1) is 20.1. The fourth-order valence-corrected chi connectivity index (χ4v) is 6.76. The van der Waals surface area contributed by atoms with Gasteiger partial charge in [-0.05, 0) is 42.5 Å². The summed E-state index contributed by atoms with van der Waals surface area (Å²) in [4.78, 5) is 23.4. The SMILES string of the molecule is N#Cc1c(NC(=O)CSc2ncnc3scc(-c4ccc(F)cc4)c23)sc2c1CCC2. The molecule has 1 amide bonds. The van der Waals surface area contributed by atoms with Crippen molar-refractivity contribution in [2.24, 2.45) is 0 Å². The first-order valence-electron chi connectivity index (χ1n) is 9.59. The average Bonchev–Trinajstić information content (AvgIpc) is 3.47. The van der Waals surface area contributed by atoms with Gasteiger partial charge in [-0.1, -0.05) is 23.9 Å². The van der Waals surface area contributed by atoms with Crippen LogP contribution in [0.5, 0.6) is 0 Å². The maximum Gasteiger partial charge on any atom is 0.235 e. The van der Waals surface area contributed by atoms with Crippen molar-refractivity contribution >= 4 is 55.6 Å². The first-order chi connectivity index (χ1) is 15.1. The van der Waals surface area contributed by atoms with Crippen molar-refractivity contribution in [3.05, 3.63) is 57.8 Å². The number of anilines is 1. The molecule has 4 aromatic rings. The highest BCUT2D eigenvalue weighted by molar-refractivity contribution is 8.00. The molecule has 0 saturated heterocycles. The van der Waals surface area contributed by atoms with Crippen molar-refractivity contribution in [2.75, 3.05) is 11.1 Å². The molecule has 0 spiro atoms. The number of fused-ring (bicyclic) bond motifs is 2. The topological polar surface area (TPSA) is 78.7 Å². The minimum Gasteiger partial charge on any atom is -0.316 e. The Labute approximate surface area is 190 Å². The van der Waals surface area contributed by atoms with Gasteiger partial charge in [-0.15, -0.1) is 22.7 Å². The maximum absolute atomic E-state index is 13.3. The van der Waals surface area contributed by atoms with Crippen molar-refractivity contribution in [2.45, 2.75) is 24.3 Å². The molecule has 154 valence electrons. The van der Waals surface area contributed by atoms with E-state index in [-0.39, 0.29) is 17.5 Å². The molecular formula is C22H15FN4OS3. The number of benzene rings is 1. The van der Waals surface area contributed by atoms with E-state index in [1.165, 1.54) is 57.8 Å². The molecule has 0 bridgehead atoms. The van der Waals surface area contributed by atoms with E-state index in [0.717, 1.165) is 46.2 Å². The Bertz CT molecular complexity index is 1340. The number of hydrogen-bond acceptors (Lipinski definition) is 7. The third kappa shape index (κ3) is 3.83. The number of halogens is 1. The molecule has 5 rings (SSSR count). The second kappa shape index (κ2) is 8.38. The largest absolute Gasteiger partial charge is 0.316 e. The number of amides is 1. The van der Waals surface area contributed by atoms with Gasteiger partial charge < -0.3 is 5.32 Å². The van der Waals surface area contributed by atoms with Crippen molar-refractivity contribution in [3.8, 4) is 17.2 Å². The van der Waals surface area contributed by atoms with Crippen LogP contribution < -0.4 is 5.32 Å². The van der Waals surface area contributed by atoms with E-state index in [1.807, 2.05) is 5.38 Å². The summed E-state index contributed by atoms with van der Waals surface area (Å²) in [5.41, 5.74) is 3.50. The summed E-state index contributed by atoms with van der Waals surface area (Å²) < 4.78 is 13.3. The van der Waals surface area contributed by atoms with E-state index < -0.39 is 0 Å². The molecule has 1 aliphatic rings. The van der Waals surface area contributed by atoms with Gasteiger partial charge in [0.2, 0.25) is 5.91 Å². The molecular weight excluding hydrogens is 451 g/mol. The van der Waals surface area contributed by atoms with Crippen molar-refractivity contribution in [3.63, 3.8) is 0 Å². The lowest BCUT2D eigenvalue weighted by atomic mass is 10.1. The highest BCUT2D eigenvalue weighted by atomic mass is 32.2. The van der Waals surface area contributed by atoms with Gasteiger partial charge in [0.1, 0.15) is 33.1 Å². The van der Waals surface area contributed by atoms with Crippen LogP contribution in [-0.2, 0) is 17.6 Å². The zero-order chi connectivity index (χ0) is 21.4. The third-order valence-corrected chi connectivity index (χ3v) is 8.20. The Kier molecular flexibility index (Phi) is 5.44. The quantitative estimate of drug-likeness (QED) is 0.304. The lowest BCUT2D eigenvalue weighted by Crippen LogP contribution is -2.14. The Morgan fingerprint density at radius 2 is 2.10 bits per heavy atom. The molecule has 9 heteroatoms. The molecule has 3 heterocycles. The molecule has 5 nitrogen and oxygen atoms in total. The number of thiophene rings is 2. The van der Waals surface area contributed by atoms with Crippen LogP contribution in [0.2, 0.25) is 0 Å². The average molecular weight is 467 g/mol. The number of aryl methyl sites for hydroxylation is 1. The van der Waals surface area contributed by atoms with Crippen LogP contribution in [0.25, 0.3) is 21.3 Å². The van der Waals surface area contributed by atoms with Gasteiger partial charge >= 0.3 is 0 Å². The first-order valence-corrected chi connectivity index (χ1v) is 12.3. The predicted molar refractivity (Wildman–Crippen MR) is 123 cm³/mol. The number of carbonyl (C=O) groups is 1. The van der Waals surface area contributed by atoms with Gasteiger partial charge in [0.15, 0.2) is 0 Å². The van der Waals surface area contributed by atoms with Crippen LogP contribution in [0, 0.1) is 17.1 Å². The van der Waals surface area contributed by atoms with Gasteiger partial charge in [-0.25, -0.2) is 14.4 Å². The molecule has 1 aromatic carbocycles. The van der Waals surface area contributed by atoms with Crippen LogP contribution in [-0.4, -0.2) is 21.6 Å². The number of nitrogens with one attached hydrogen (secondary N) is 1. The molecule has 31 heavy (non-hydrogen) atoms. The molecule has 3 aromatic heterocycles. The highest BCUT2D eigenvalue weighted by Gasteiger charge is 2.23. The summed E-state index contributed by atoms with van der Waals surface area (Å²) in [7, 11) is 0. The number of nitrogens with zero attached hydrogens (tertiary/aromatic N) is 3. The van der Waals surface area contributed by atoms with Crippen LogP contribution >= 0.6 is 34.4 Å². The number of thioether (sulfide) groups is 1. The molecule has 0 atom stereocenters. The van der Waals surface area contributed by atoms with E-state index in [2.05, 4.69) is 21.4 Å². The van der Waals surface area contributed by atoms with Crippen LogP contribution in [0.3, 0.4) is 0 Å². The summed E-state index contributed by atoms with van der Waals surface area (Å²) in [5, 5.41) is 16.6. The van der Waals surface area contributed by atoms with Gasteiger partial charge in [0, 0.05) is 15.8 Å². The van der Waals surface area contributed by atoms with Gasteiger partial charge in [0.05, 0.1) is 16.7 Å². The summed E-state index contributed by atoms with van der Waals surface area (Å²) >= 11 is 4.33. The minimum absolute atomic E-state index is 0.165. The lowest BCUT2D eigenvalue weighted by Gasteiger charge is -2.06. The molecule has 0 fully saturated rings. The van der Waals surface area contributed by atoms with Crippen molar-refractivity contribution < 1.29 is 9.18 Å². The van der Waals surface area contributed by atoms with Crippen molar-refractivity contribution in [1.82, 2.24) is 9.97 Å². The second-order valence-electron chi connectivity index (χ2n) is 7.03. The van der Waals surface area contributed by atoms with E-state index >= 15 is 0 Å². The lowest BCUT2D eigenvalue weighted by molar-refractivity contribution is -0.113. The Morgan fingerprint density at radius 1 is 1.26 bits per heavy atom. The van der Waals surface area contributed by atoms with Crippen LogP contribution in [0.15, 0.2) is 41.0 Å². The van der Waals surface area contributed by atoms with Gasteiger partial charge in [-0.2, -0.15) is 5.26 Å². The van der Waals surface area contributed by atoms with Crippen LogP contribution in [0.1, 0.15) is 22.4 Å². The number of rotatable bonds is 5. The van der Waals surface area contributed by atoms with Crippen molar-refractivity contribution in [1.29, 1.82) is 5.26 Å². The van der Waals surface area contributed by atoms with E-state index in [9.17, 15) is 14.4 Å². The van der Waals surface area contributed by atoms with E-state index in [1.54, 1.807) is 12.1 Å². The Balaban J connectivity index is 1.37. The number of aromatic nitrogens is 2. The number of carbonyl (C=O) groups excluding carboxylic acids is 1. The minimum atomic E-state index is -0.290. The molecule has 0 saturated carbocycles. The molecule has 0 unspecified atom stereocenters. The zero-order valence-corrected chi connectivity index (χ0v) is 18.6. The molecule has 1 N–H and O–H groups in total. The monoisotopic (exact) mass is 466 g/mol. The normalized spacial score (nSPS) is 12.6. The smallest absolute Gasteiger partial charge is 0.235 e. The fourth-order valence-electron chi connectivity index (χ4n) is 3.71. The zero-order valence-electron chi connectivity index (χ0n) is 16.1. The molecule has 1 aliphatic carbocycles. The second-order valence-corrected chi connectivity index (χ2v) is 9.95. The molecule has 0 radical (unpaired) electrons. The highest BCUT2D eigenvalue weighted by Crippen LogP contribution is 2.40. The summed E-state index contributed by atoms with van der Waals surface area (Å²) in [5.74, 6) is -0.299. The van der Waals surface area contributed by atoms with Crippen LogP contribution in [0.4, 0.5) is 9.39 Å². The van der Waals surface area contributed by atoms with Gasteiger partial charge in [-0.3, -0.25) is 4.79 Å². The standard InChI is InChI=1S/C22H15FN4OS3/c23-13-6-4-12(5-7-13)16-9-29-21-19(16)22(26-11-25-21)30-10-18(28)27-20-15(8-24)14-2-1-3-17(14)31-20/h4-7,9,11H,1-3,10H2,(H,27,28). The fraction of sp³-hybridized carbons (Fsp3) is 0.182. The number of nitriles is 1. The van der Waals surface area contributed by atoms with E-state index in [4.69, 9.17) is 0 Å². The maximum atomic E-state index is 13.3. The van der Waals surface area contributed by atoms with E-state index in [0.29, 0.717) is 15.6 Å². The third-order valence-electron chi connectivity index (χ3n) is 5.12. The Hall–Kier alpha value is -2.80. The predicted octanol–water partition coefficient (Wildman–Crippen LogP) is 5.65. The Morgan fingerprint density at radius 3 is 2.90 bits per heavy atom.